The minimum absolute atomic E-state index is 0. The van der Waals surface area contributed by atoms with Crippen LogP contribution in [0.25, 0.3) is 0 Å². The van der Waals surface area contributed by atoms with Gasteiger partial charge in [0.25, 0.3) is 15.6 Å². The van der Waals surface area contributed by atoms with Crippen molar-refractivity contribution in [3.63, 3.8) is 0 Å². The van der Waals surface area contributed by atoms with Gasteiger partial charge in [-0.05, 0) is 80.5 Å². The molecule has 0 fully saturated rings. The number of phosphoric acid groups is 6. The monoisotopic (exact) mass is 1610 g/mol. The van der Waals surface area contributed by atoms with E-state index in [1.807, 2.05) is 48.5 Å². The van der Waals surface area contributed by atoms with Gasteiger partial charge in [-0.2, -0.15) is 0 Å². The Morgan fingerprint density at radius 3 is 0.723 bits per heavy atom. The third-order valence-electron chi connectivity index (χ3n) is 15.0. The second-order valence-corrected chi connectivity index (χ2v) is 31.8. The van der Waals surface area contributed by atoms with Gasteiger partial charge in [0, 0.05) is 92.3 Å². The van der Waals surface area contributed by atoms with Crippen LogP contribution in [0.3, 0.4) is 0 Å². The molecule has 0 aromatic carbocycles. The van der Waals surface area contributed by atoms with Crippen LogP contribution in [-0.4, -0.2) is 82.5 Å². The van der Waals surface area contributed by atoms with Crippen molar-refractivity contribution in [2.45, 2.75) is 251 Å². The molecule has 0 saturated carbocycles. The van der Waals surface area contributed by atoms with Crippen LogP contribution in [-0.2, 0) is 164 Å². The second-order valence-electron chi connectivity index (χ2n) is 22.9. The van der Waals surface area contributed by atoms with E-state index in [4.69, 9.17) is 46.4 Å². The Bertz CT molecular complexity index is 1740. The van der Waals surface area contributed by atoms with Gasteiger partial charge in [-0.15, -0.1) is 19.8 Å². The summed E-state index contributed by atoms with van der Waals surface area (Å²) in [5, 5.41) is 11.2. The number of hydrogen-bond donors (Lipinski definition) is 2. The molecule has 0 aliphatic carbocycles. The van der Waals surface area contributed by atoms with Crippen molar-refractivity contribution in [2.75, 3.05) is 72.7 Å². The SMILES string of the molecule is C=CCOCC(CC)(C[O-])COCC=C.CCCCC(CC)COP(=O)(OCC(CC)CCCC)OP(=O)([O-])O.CCCCC(CC)COP(=O)(OCC(CC)CCCC)OP(=O)([O-])O.CCCCC(CC)COP(=O)(OCC(CC)CCCC)OP(=O)([O-])[O-].[Ti].[Ti].[Ti].[Ti]. The van der Waals surface area contributed by atoms with Crippen LogP contribution >= 0.6 is 46.9 Å². The molecule has 0 aromatic rings. The van der Waals surface area contributed by atoms with Crippen molar-refractivity contribution in [3.8, 4) is 0 Å². The second kappa shape index (κ2) is 69.1. The number of hydrogen-bond acceptors (Lipinski definition) is 22. The molecule has 0 radical (unpaired) electrons. The van der Waals surface area contributed by atoms with E-state index in [0.717, 1.165) is 161 Å². The van der Waals surface area contributed by atoms with Crippen molar-refractivity contribution in [2.24, 2.45) is 40.9 Å². The van der Waals surface area contributed by atoms with Crippen LogP contribution in [0.5, 0.6) is 0 Å². The first-order valence-corrected chi connectivity index (χ1v) is 42.0. The Balaban J connectivity index is -0.000000175. The van der Waals surface area contributed by atoms with E-state index in [2.05, 4.69) is 67.6 Å². The normalized spacial score (nSPS) is 16.6. The summed E-state index contributed by atoms with van der Waals surface area (Å²) in [6.45, 7) is 35.4. The zero-order chi connectivity index (χ0) is 69.6. The maximum absolute atomic E-state index is 12.6. The number of rotatable bonds is 58. The largest absolute Gasteiger partial charge is 0.854 e. The maximum atomic E-state index is 12.6. The molecule has 0 rings (SSSR count). The van der Waals surface area contributed by atoms with E-state index in [1.165, 1.54) is 0 Å². The van der Waals surface area contributed by atoms with E-state index in [1.54, 1.807) is 12.2 Å². The Morgan fingerprint density at radius 2 is 0.585 bits per heavy atom. The zero-order valence-corrected chi connectivity index (χ0v) is 71.2. The summed E-state index contributed by atoms with van der Waals surface area (Å²) >= 11 is 0. The molecule has 94 heavy (non-hydrogen) atoms. The third kappa shape index (κ3) is 68.1. The molecule has 0 aliphatic heterocycles. The van der Waals surface area contributed by atoms with Gasteiger partial charge in [0.05, 0.1) is 73.9 Å². The van der Waals surface area contributed by atoms with Gasteiger partial charge in [-0.25, -0.2) is 22.3 Å². The fraction of sp³-hybridized carbons (Fsp3) is 0.933. The summed E-state index contributed by atoms with van der Waals surface area (Å²) < 4.78 is 126. The van der Waals surface area contributed by atoms with Gasteiger partial charge in [-0.1, -0.05) is 218 Å². The molecule has 2 N–H and O–H groups in total. The minimum Gasteiger partial charge on any atom is -0.854 e. The van der Waals surface area contributed by atoms with Crippen LogP contribution in [0.15, 0.2) is 25.3 Å². The average molecular weight is 1610 g/mol. The smallest absolute Gasteiger partial charge is 0.481 e. The van der Waals surface area contributed by atoms with E-state index in [-0.39, 0.29) is 169 Å². The van der Waals surface area contributed by atoms with E-state index < -0.39 is 52.4 Å². The van der Waals surface area contributed by atoms with Crippen molar-refractivity contribution in [3.05, 3.63) is 25.3 Å². The summed E-state index contributed by atoms with van der Waals surface area (Å²) in [5.41, 5.74) is -0.411. The maximum Gasteiger partial charge on any atom is 0.481 e. The van der Waals surface area contributed by atoms with E-state index in [9.17, 15) is 52.1 Å². The Labute approximate surface area is 629 Å². The van der Waals surface area contributed by atoms with Crippen molar-refractivity contribution in [1.29, 1.82) is 0 Å². The van der Waals surface area contributed by atoms with Gasteiger partial charge >= 0.3 is 23.5 Å². The predicted molar refractivity (Wildman–Crippen MR) is 349 cm³/mol. The first kappa shape index (κ1) is 113. The van der Waals surface area contributed by atoms with Gasteiger partial charge in [0.2, 0.25) is 0 Å². The molecule has 0 aliphatic rings. The number of ether oxygens (including phenoxy) is 2. The molecule has 560 valence electrons. The van der Waals surface area contributed by atoms with Crippen LogP contribution in [0, 0.1) is 40.9 Å². The molecule has 8 atom stereocenters. The molecule has 0 heterocycles. The Morgan fingerprint density at radius 1 is 0.383 bits per heavy atom. The Kier molecular flexibility index (Phi) is 82.9. The topological polar surface area (TPSA) is 360 Å². The van der Waals surface area contributed by atoms with Crippen molar-refractivity contribution >= 4 is 46.9 Å². The molecule has 0 aromatic heterocycles. The minimum atomic E-state index is -5.48. The van der Waals surface area contributed by atoms with Gasteiger partial charge < -0.3 is 48.5 Å². The van der Waals surface area contributed by atoms with Gasteiger partial charge in [0.1, 0.15) is 0 Å². The first-order valence-electron chi connectivity index (χ1n) is 33.2. The Hall–Kier alpha value is 3.00. The van der Waals surface area contributed by atoms with Crippen molar-refractivity contribution < 1.29 is 198 Å². The van der Waals surface area contributed by atoms with Crippen LogP contribution < -0.4 is 24.7 Å². The predicted octanol–water partition coefficient (Wildman–Crippen LogP) is 15.6. The fourth-order valence-electron chi connectivity index (χ4n) is 8.35. The summed E-state index contributed by atoms with van der Waals surface area (Å²) in [6, 6.07) is 0. The standard InChI is InChI=1S/3C16H36O7P2.C12H21O3.4Ti/c3*1-5-9-11-15(7-3)13-21-25(20,23-24(17,18)19)22-14-16(8-4)12-10-6-2;1-4-7-14-10-12(6-3,9-13)11-15-8-5-2;;;;/h3*15-16H,5-14H2,1-4H3,(H2,17,18,19);4-5H,1-2,6-11H2,3H3;;;;/q;;;-1;;;;/p-4. The molecular weight excluding hydrogens is 1480 g/mol. The summed E-state index contributed by atoms with van der Waals surface area (Å²) in [5.74, 6) is 0.750. The summed E-state index contributed by atoms with van der Waals surface area (Å²) in [4.78, 5) is 61.8. The van der Waals surface area contributed by atoms with Crippen molar-refractivity contribution in [1.82, 2.24) is 0 Å². The van der Waals surface area contributed by atoms with Gasteiger partial charge in [0.15, 0.2) is 0 Å². The van der Waals surface area contributed by atoms with E-state index in [0.29, 0.717) is 26.4 Å². The number of unbranched alkanes of at least 4 members (excludes halogenated alkanes) is 6. The zero-order valence-electron chi connectivity index (χ0n) is 59.5. The molecule has 8 unspecified atom stereocenters. The summed E-state index contributed by atoms with van der Waals surface area (Å²) in [6.07, 6.45) is 26.4. The first-order chi connectivity index (χ1) is 42.3. The third-order valence-corrected chi connectivity index (χ3v) is 22.7. The van der Waals surface area contributed by atoms with Gasteiger partial charge in [-0.3, -0.25) is 40.6 Å². The van der Waals surface area contributed by atoms with Crippen LogP contribution in [0.4, 0.5) is 0 Å². The molecule has 34 heteroatoms. The summed E-state index contributed by atoms with van der Waals surface area (Å²) in [7, 11) is -29.1. The van der Waals surface area contributed by atoms with E-state index >= 15 is 0 Å². The van der Waals surface area contributed by atoms with Crippen LogP contribution in [0.2, 0.25) is 0 Å². The number of phosphoric ester groups is 3. The molecule has 0 saturated heterocycles. The molecule has 0 bridgehead atoms. The quantitative estimate of drug-likeness (QED) is 0.0247. The molecular formula is C60H125O24P6Ti4-5. The average Bonchev–Trinajstić information content (AvgIpc) is 0.974. The van der Waals surface area contributed by atoms with Crippen LogP contribution in [0.1, 0.15) is 251 Å². The molecule has 0 amide bonds. The molecule has 0 spiro atoms. The fourth-order valence-corrected chi connectivity index (χ4v) is 15.1. The molecule has 24 nitrogen and oxygen atoms in total.